The number of carbonyl (C=O) groups excluding carboxylic acids is 1. The van der Waals surface area contributed by atoms with Crippen molar-refractivity contribution in [1.29, 1.82) is 0 Å². The predicted molar refractivity (Wildman–Crippen MR) is 149 cm³/mol. The fraction of sp³-hybridized carbons (Fsp3) is 0.192. The van der Waals surface area contributed by atoms with Crippen molar-refractivity contribution in [3.8, 4) is 16.9 Å². The Bertz CT molecular complexity index is 1490. The number of morpholine rings is 1. The van der Waals surface area contributed by atoms with Gasteiger partial charge in [0.15, 0.2) is 0 Å². The van der Waals surface area contributed by atoms with Crippen LogP contribution in [0.2, 0.25) is 0 Å². The van der Waals surface area contributed by atoms with E-state index < -0.39 is 10.0 Å². The molecule has 11 heteroatoms. The van der Waals surface area contributed by atoms with E-state index in [2.05, 4.69) is 6.58 Å². The number of hydrogen-bond donors (Lipinski definition) is 0. The number of thiocarbonyl (C=S) groups is 1. The highest BCUT2D eigenvalue weighted by molar-refractivity contribution is 8.26. The van der Waals surface area contributed by atoms with Crippen LogP contribution in [0, 0.1) is 0 Å². The normalized spacial score (nSPS) is 18.1. The molecule has 0 saturated carbocycles. The van der Waals surface area contributed by atoms with E-state index in [0.29, 0.717) is 58.9 Å². The van der Waals surface area contributed by atoms with E-state index in [1.165, 1.54) is 21.0 Å². The molecule has 2 aromatic carbocycles. The summed E-state index contributed by atoms with van der Waals surface area (Å²) >= 11 is 6.60. The van der Waals surface area contributed by atoms with Gasteiger partial charge in [-0.1, -0.05) is 60.4 Å². The molecule has 0 radical (unpaired) electrons. The molecule has 1 amide bonds. The van der Waals surface area contributed by atoms with Gasteiger partial charge in [-0.3, -0.25) is 9.69 Å². The Morgan fingerprint density at radius 2 is 1.86 bits per heavy atom. The Balaban J connectivity index is 1.59. The summed E-state index contributed by atoms with van der Waals surface area (Å²) in [7, 11) is -3.69. The molecule has 0 unspecified atom stereocenters. The van der Waals surface area contributed by atoms with Crippen molar-refractivity contribution < 1.29 is 17.9 Å². The minimum atomic E-state index is -3.69. The molecule has 0 atom stereocenters. The van der Waals surface area contributed by atoms with Gasteiger partial charge in [-0.25, -0.2) is 13.1 Å². The number of sulfonamides is 1. The molecule has 2 aliphatic heterocycles. The Morgan fingerprint density at radius 1 is 1.11 bits per heavy atom. The van der Waals surface area contributed by atoms with Gasteiger partial charge in [-0.05, 0) is 30.3 Å². The van der Waals surface area contributed by atoms with Crippen molar-refractivity contribution >= 4 is 50.3 Å². The van der Waals surface area contributed by atoms with E-state index in [9.17, 15) is 13.2 Å². The summed E-state index contributed by atoms with van der Waals surface area (Å²) in [5, 5.41) is 4.79. The monoisotopic (exact) mass is 552 g/mol. The zero-order valence-corrected chi connectivity index (χ0v) is 22.3. The maximum Gasteiger partial charge on any atom is 0.266 e. The first kappa shape index (κ1) is 25.6. The Kier molecular flexibility index (Phi) is 7.40. The first-order valence-electron chi connectivity index (χ1n) is 11.6. The van der Waals surface area contributed by atoms with Crippen LogP contribution in [0.25, 0.3) is 23.0 Å². The molecule has 3 aromatic rings. The third kappa shape index (κ3) is 5.18. The minimum absolute atomic E-state index is 0.185. The van der Waals surface area contributed by atoms with Crippen molar-refractivity contribution in [2.45, 2.75) is 4.90 Å². The lowest BCUT2D eigenvalue weighted by molar-refractivity contribution is -0.121. The Morgan fingerprint density at radius 3 is 2.59 bits per heavy atom. The van der Waals surface area contributed by atoms with E-state index in [1.807, 2.05) is 42.6 Å². The first-order valence-corrected chi connectivity index (χ1v) is 14.2. The summed E-state index contributed by atoms with van der Waals surface area (Å²) in [6.07, 6.45) is 5.22. The lowest BCUT2D eigenvalue weighted by Crippen LogP contribution is -2.40. The molecular weight excluding hydrogens is 529 g/mol. The molecule has 0 aliphatic carbocycles. The largest absolute Gasteiger partial charge is 0.379 e. The van der Waals surface area contributed by atoms with Gasteiger partial charge in [0.1, 0.15) is 10.0 Å². The number of carbonyl (C=O) groups is 1. The summed E-state index contributed by atoms with van der Waals surface area (Å²) in [6.45, 7) is 5.40. The number of ether oxygens (including phenoxy) is 1. The molecule has 2 saturated heterocycles. The third-order valence-electron chi connectivity index (χ3n) is 5.95. The third-order valence-corrected chi connectivity index (χ3v) is 9.22. The highest BCUT2D eigenvalue weighted by Gasteiger charge is 2.32. The number of rotatable bonds is 7. The molecule has 0 N–H and O–H groups in total. The predicted octanol–water partition coefficient (Wildman–Crippen LogP) is 3.95. The van der Waals surface area contributed by atoms with Gasteiger partial charge in [0.2, 0.25) is 10.0 Å². The van der Waals surface area contributed by atoms with Crippen LogP contribution in [-0.4, -0.2) is 70.5 Å². The van der Waals surface area contributed by atoms with E-state index in [-0.39, 0.29) is 10.8 Å². The van der Waals surface area contributed by atoms with Gasteiger partial charge in [-0.15, -0.1) is 6.58 Å². The summed E-state index contributed by atoms with van der Waals surface area (Å²) in [4.78, 5) is 15.1. The number of nitrogens with zero attached hydrogens (tertiary/aromatic N) is 4. The fourth-order valence-electron chi connectivity index (χ4n) is 4.10. The minimum Gasteiger partial charge on any atom is -0.379 e. The maximum absolute atomic E-state index is 13.3. The number of para-hydroxylation sites is 1. The number of thioether (sulfide) groups is 1. The maximum atomic E-state index is 13.3. The van der Waals surface area contributed by atoms with Crippen LogP contribution in [0.1, 0.15) is 5.56 Å². The number of benzene rings is 2. The molecule has 1 aromatic heterocycles. The second-order valence-corrected chi connectivity index (χ2v) is 12.0. The highest BCUT2D eigenvalue weighted by Crippen LogP contribution is 2.35. The number of aromatic nitrogens is 2. The molecule has 2 aliphatic rings. The standard InChI is InChI=1S/C26H24N4O4S3/c1-2-11-29-25(31)23(36-26(29)35)17-20-18-30(21-8-4-3-5-9-21)27-24(20)19-7-6-10-22(16-19)37(32,33)28-12-14-34-15-13-28/h2-10,16-18H,1,11-15H2. The Hall–Kier alpha value is -3.09. The van der Waals surface area contributed by atoms with Crippen LogP contribution in [0.3, 0.4) is 0 Å². The lowest BCUT2D eigenvalue weighted by Gasteiger charge is -2.26. The van der Waals surface area contributed by atoms with E-state index in [1.54, 1.807) is 35.0 Å². The van der Waals surface area contributed by atoms with Crippen molar-refractivity contribution in [1.82, 2.24) is 19.0 Å². The topological polar surface area (TPSA) is 84.7 Å². The fourth-order valence-corrected chi connectivity index (χ4v) is 6.82. The molecule has 0 spiro atoms. The molecule has 37 heavy (non-hydrogen) atoms. The zero-order valence-electron chi connectivity index (χ0n) is 19.8. The number of hydrogen-bond acceptors (Lipinski definition) is 7. The number of amides is 1. The molecule has 3 heterocycles. The molecule has 5 rings (SSSR count). The van der Waals surface area contributed by atoms with Gasteiger partial charge < -0.3 is 4.74 Å². The highest BCUT2D eigenvalue weighted by atomic mass is 32.2. The van der Waals surface area contributed by atoms with Crippen molar-refractivity contribution in [2.75, 3.05) is 32.8 Å². The van der Waals surface area contributed by atoms with Crippen LogP contribution < -0.4 is 0 Å². The average Bonchev–Trinajstić information content (AvgIpc) is 3.46. The SMILES string of the molecule is C=CCN1C(=O)C(=Cc2cn(-c3ccccc3)nc2-c2cccc(S(=O)(=O)N3CCOCC3)c2)SC1=S. The second-order valence-electron chi connectivity index (χ2n) is 8.34. The molecule has 190 valence electrons. The van der Waals surface area contributed by atoms with Crippen molar-refractivity contribution in [3.05, 3.63) is 83.9 Å². The summed E-state index contributed by atoms with van der Waals surface area (Å²) < 4.78 is 35.5. The van der Waals surface area contributed by atoms with Crippen LogP contribution in [0.15, 0.2) is 83.2 Å². The lowest BCUT2D eigenvalue weighted by atomic mass is 10.1. The van der Waals surface area contributed by atoms with E-state index in [0.717, 1.165) is 5.69 Å². The molecular formula is C26H24N4O4S3. The van der Waals surface area contributed by atoms with Gasteiger partial charge >= 0.3 is 0 Å². The molecule has 8 nitrogen and oxygen atoms in total. The van der Waals surface area contributed by atoms with Crippen LogP contribution >= 0.6 is 24.0 Å². The van der Waals surface area contributed by atoms with E-state index in [4.69, 9.17) is 22.1 Å². The van der Waals surface area contributed by atoms with E-state index >= 15 is 0 Å². The molecule has 2 fully saturated rings. The van der Waals surface area contributed by atoms with Crippen LogP contribution in [-0.2, 0) is 19.6 Å². The van der Waals surface area contributed by atoms with Crippen molar-refractivity contribution in [3.63, 3.8) is 0 Å². The van der Waals surface area contributed by atoms with Gasteiger partial charge in [0.05, 0.1) is 28.7 Å². The summed E-state index contributed by atoms with van der Waals surface area (Å²) in [5.74, 6) is -0.197. The summed E-state index contributed by atoms with van der Waals surface area (Å²) in [5.41, 5.74) is 2.68. The van der Waals surface area contributed by atoms with Gasteiger partial charge in [-0.2, -0.15) is 9.40 Å². The smallest absolute Gasteiger partial charge is 0.266 e. The zero-order chi connectivity index (χ0) is 26.0. The van der Waals surface area contributed by atoms with Crippen molar-refractivity contribution in [2.24, 2.45) is 0 Å². The summed E-state index contributed by atoms with van der Waals surface area (Å²) in [6, 6.07) is 16.3. The quantitative estimate of drug-likeness (QED) is 0.249. The van der Waals surface area contributed by atoms with Gasteiger partial charge in [0.25, 0.3) is 5.91 Å². The van der Waals surface area contributed by atoms with Gasteiger partial charge in [0, 0.05) is 37.0 Å². The first-order chi connectivity index (χ1) is 17.9. The van der Waals surface area contributed by atoms with Crippen LogP contribution in [0.4, 0.5) is 0 Å². The second kappa shape index (κ2) is 10.7. The Labute approximate surface area is 225 Å². The molecule has 0 bridgehead atoms. The average molecular weight is 553 g/mol. The van der Waals surface area contributed by atoms with Crippen LogP contribution in [0.5, 0.6) is 0 Å².